The van der Waals surface area contributed by atoms with Crippen LogP contribution in [0.4, 0.5) is 0 Å². The zero-order chi connectivity index (χ0) is 9.84. The van der Waals surface area contributed by atoms with Crippen molar-refractivity contribution >= 4 is 17.6 Å². The van der Waals surface area contributed by atoms with Crippen LogP contribution in [0.3, 0.4) is 0 Å². The normalized spacial score (nSPS) is 11.7. The van der Waals surface area contributed by atoms with E-state index in [0.29, 0.717) is 0 Å². The van der Waals surface area contributed by atoms with E-state index in [1.165, 1.54) is 6.07 Å². The predicted octanol–water partition coefficient (Wildman–Crippen LogP) is 0.822. The number of halogens is 1. The minimum Gasteiger partial charge on any atom is -0.480 e. The highest BCUT2D eigenvalue weighted by Gasteiger charge is 2.20. The lowest BCUT2D eigenvalue weighted by molar-refractivity contribution is -0.137. The topological polar surface area (TPSA) is 86.9 Å². The molecule has 0 aliphatic rings. The minimum absolute atomic E-state index is 0.0926. The summed E-state index contributed by atoms with van der Waals surface area (Å²) >= 11 is 5.50. The molecule has 0 saturated heterocycles. The van der Waals surface area contributed by atoms with E-state index in [2.05, 4.69) is 9.97 Å². The SMILES string of the molecule is N#CC(C(=O)O)c1cc(Cl)ncn1. The highest BCUT2D eigenvalue weighted by molar-refractivity contribution is 6.29. The second kappa shape index (κ2) is 3.83. The molecule has 1 unspecified atom stereocenters. The summed E-state index contributed by atoms with van der Waals surface area (Å²) in [7, 11) is 0. The van der Waals surface area contributed by atoms with Gasteiger partial charge in [0.1, 0.15) is 11.5 Å². The van der Waals surface area contributed by atoms with Gasteiger partial charge in [-0.05, 0) is 6.07 Å². The number of nitrogens with zero attached hydrogens (tertiary/aromatic N) is 3. The Morgan fingerprint density at radius 2 is 2.38 bits per heavy atom. The molecule has 1 aromatic rings. The number of aliphatic carboxylic acids is 1. The molecule has 0 amide bonds. The van der Waals surface area contributed by atoms with Crippen molar-refractivity contribution in [2.45, 2.75) is 5.92 Å². The third kappa shape index (κ3) is 2.13. The first-order chi connectivity index (χ1) is 6.15. The monoisotopic (exact) mass is 197 g/mol. The van der Waals surface area contributed by atoms with Gasteiger partial charge in [0.25, 0.3) is 0 Å². The van der Waals surface area contributed by atoms with Gasteiger partial charge in [-0.2, -0.15) is 5.26 Å². The zero-order valence-corrected chi connectivity index (χ0v) is 7.06. The number of carboxylic acid groups (broad SMARTS) is 1. The van der Waals surface area contributed by atoms with E-state index in [-0.39, 0.29) is 10.8 Å². The van der Waals surface area contributed by atoms with Gasteiger partial charge in [0.2, 0.25) is 0 Å². The van der Waals surface area contributed by atoms with Gasteiger partial charge in [-0.25, -0.2) is 9.97 Å². The van der Waals surface area contributed by atoms with E-state index in [0.717, 1.165) is 6.33 Å². The maximum absolute atomic E-state index is 10.5. The number of hydrogen-bond acceptors (Lipinski definition) is 4. The average molecular weight is 198 g/mol. The van der Waals surface area contributed by atoms with Crippen molar-refractivity contribution < 1.29 is 9.90 Å². The summed E-state index contributed by atoms with van der Waals surface area (Å²) in [5.74, 6) is -2.54. The lowest BCUT2D eigenvalue weighted by Gasteiger charge is -2.01. The van der Waals surface area contributed by atoms with Gasteiger partial charge in [-0.1, -0.05) is 11.6 Å². The van der Waals surface area contributed by atoms with E-state index in [1.807, 2.05) is 0 Å². The Kier molecular flexibility index (Phi) is 2.77. The van der Waals surface area contributed by atoms with Gasteiger partial charge in [0, 0.05) is 0 Å². The highest BCUT2D eigenvalue weighted by Crippen LogP contribution is 2.14. The summed E-state index contributed by atoms with van der Waals surface area (Å²) in [6.45, 7) is 0. The smallest absolute Gasteiger partial charge is 0.327 e. The van der Waals surface area contributed by atoms with Crippen molar-refractivity contribution in [3.8, 4) is 6.07 Å². The highest BCUT2D eigenvalue weighted by atomic mass is 35.5. The molecule has 6 heteroatoms. The third-order valence-electron chi connectivity index (χ3n) is 1.33. The second-order valence-electron chi connectivity index (χ2n) is 2.17. The molecule has 13 heavy (non-hydrogen) atoms. The lowest BCUT2D eigenvalue weighted by atomic mass is 10.1. The standard InChI is InChI=1S/C7H4ClN3O2/c8-6-1-5(10-3-11-6)4(2-9)7(12)13/h1,3-4H,(H,12,13). The van der Waals surface area contributed by atoms with Crippen LogP contribution in [0.25, 0.3) is 0 Å². The maximum atomic E-state index is 10.5. The number of hydrogen-bond donors (Lipinski definition) is 1. The summed E-state index contributed by atoms with van der Waals surface area (Å²) in [5.41, 5.74) is 0.0926. The summed E-state index contributed by atoms with van der Waals surface area (Å²) in [6.07, 6.45) is 1.12. The molecule has 0 aliphatic carbocycles. The second-order valence-corrected chi connectivity index (χ2v) is 2.55. The fourth-order valence-corrected chi connectivity index (χ4v) is 0.908. The summed E-state index contributed by atoms with van der Waals surface area (Å²) in [4.78, 5) is 17.7. The van der Waals surface area contributed by atoms with Crippen LogP contribution < -0.4 is 0 Å². The van der Waals surface area contributed by atoms with Crippen molar-refractivity contribution in [2.24, 2.45) is 0 Å². The molecule has 1 rings (SSSR count). The van der Waals surface area contributed by atoms with Crippen LogP contribution in [-0.4, -0.2) is 21.0 Å². The third-order valence-corrected chi connectivity index (χ3v) is 1.53. The first-order valence-electron chi connectivity index (χ1n) is 3.25. The van der Waals surface area contributed by atoms with Gasteiger partial charge < -0.3 is 5.11 Å². The van der Waals surface area contributed by atoms with Crippen LogP contribution in [0, 0.1) is 11.3 Å². The van der Waals surface area contributed by atoms with Crippen LogP contribution in [0.5, 0.6) is 0 Å². The molecule has 5 nitrogen and oxygen atoms in total. The molecule has 1 heterocycles. The molecule has 0 saturated carbocycles. The molecule has 1 atom stereocenters. The van der Waals surface area contributed by atoms with E-state index < -0.39 is 11.9 Å². The Hall–Kier alpha value is -1.67. The first kappa shape index (κ1) is 9.42. The number of carboxylic acids is 1. The molecule has 66 valence electrons. The van der Waals surface area contributed by atoms with Crippen LogP contribution in [0.15, 0.2) is 12.4 Å². The van der Waals surface area contributed by atoms with Crippen molar-refractivity contribution in [3.05, 3.63) is 23.2 Å². The fraction of sp³-hybridized carbons (Fsp3) is 0.143. The van der Waals surface area contributed by atoms with Crippen LogP contribution in [0.2, 0.25) is 5.15 Å². The summed E-state index contributed by atoms with van der Waals surface area (Å²) in [5, 5.41) is 17.2. The number of rotatable bonds is 2. The molecule has 0 aromatic carbocycles. The van der Waals surface area contributed by atoms with Crippen LogP contribution in [0.1, 0.15) is 11.6 Å². The predicted molar refractivity (Wildman–Crippen MR) is 43.0 cm³/mol. The first-order valence-corrected chi connectivity index (χ1v) is 3.63. The van der Waals surface area contributed by atoms with Gasteiger partial charge in [-0.15, -0.1) is 0 Å². The molecule has 0 fully saturated rings. The van der Waals surface area contributed by atoms with Crippen molar-refractivity contribution in [1.29, 1.82) is 5.26 Å². The van der Waals surface area contributed by atoms with Gasteiger partial charge in [-0.3, -0.25) is 4.79 Å². The largest absolute Gasteiger partial charge is 0.480 e. The van der Waals surface area contributed by atoms with Crippen molar-refractivity contribution in [3.63, 3.8) is 0 Å². The maximum Gasteiger partial charge on any atom is 0.327 e. The van der Waals surface area contributed by atoms with Crippen molar-refractivity contribution in [1.82, 2.24) is 9.97 Å². The molecule has 0 bridgehead atoms. The number of aromatic nitrogens is 2. The molecular formula is C7H4ClN3O2. The van der Waals surface area contributed by atoms with E-state index in [4.69, 9.17) is 22.0 Å². The summed E-state index contributed by atoms with van der Waals surface area (Å²) < 4.78 is 0. The molecule has 0 radical (unpaired) electrons. The van der Waals surface area contributed by atoms with E-state index in [1.54, 1.807) is 6.07 Å². The number of nitriles is 1. The Balaban J connectivity index is 3.07. The van der Waals surface area contributed by atoms with Gasteiger partial charge >= 0.3 is 5.97 Å². The van der Waals surface area contributed by atoms with Crippen molar-refractivity contribution in [2.75, 3.05) is 0 Å². The Morgan fingerprint density at radius 1 is 1.69 bits per heavy atom. The lowest BCUT2D eigenvalue weighted by Crippen LogP contribution is -2.11. The molecular weight excluding hydrogens is 194 g/mol. The molecule has 1 aromatic heterocycles. The Bertz CT molecular complexity index is 374. The van der Waals surface area contributed by atoms with Gasteiger partial charge in [0.05, 0.1) is 11.8 Å². The van der Waals surface area contributed by atoms with Gasteiger partial charge in [0.15, 0.2) is 5.92 Å². The molecule has 1 N–H and O–H groups in total. The zero-order valence-electron chi connectivity index (χ0n) is 6.31. The average Bonchev–Trinajstić information content (AvgIpc) is 2.04. The van der Waals surface area contributed by atoms with Crippen LogP contribution in [-0.2, 0) is 4.79 Å². The Labute approximate surface area is 78.6 Å². The number of carbonyl (C=O) groups is 1. The van der Waals surface area contributed by atoms with E-state index >= 15 is 0 Å². The quantitative estimate of drug-likeness (QED) is 0.710. The molecule has 0 spiro atoms. The van der Waals surface area contributed by atoms with E-state index in [9.17, 15) is 4.79 Å². The Morgan fingerprint density at radius 3 is 2.85 bits per heavy atom. The summed E-state index contributed by atoms with van der Waals surface area (Å²) in [6, 6.07) is 2.85. The molecule has 0 aliphatic heterocycles. The minimum atomic E-state index is -1.29. The fourth-order valence-electron chi connectivity index (χ4n) is 0.753. The van der Waals surface area contributed by atoms with Crippen LogP contribution >= 0.6 is 11.6 Å².